The first-order chi connectivity index (χ1) is 4.72. The van der Waals surface area contributed by atoms with E-state index >= 15 is 0 Å². The highest BCUT2D eigenvalue weighted by molar-refractivity contribution is 6.69. The van der Waals surface area contributed by atoms with E-state index in [4.69, 9.17) is 11.6 Å². The number of hydrogen-bond donors (Lipinski definition) is 0. The number of carbonyl (C=O) groups excluding carboxylic acids is 1. The predicted molar refractivity (Wildman–Crippen MR) is 44.8 cm³/mol. The average molecular weight is 152 g/mol. The molecule has 1 nitrogen and oxygen atoms in total. The van der Waals surface area contributed by atoms with Gasteiger partial charge >= 0.3 is 0 Å². The molecule has 0 radical (unpaired) electrons. The summed E-state index contributed by atoms with van der Waals surface area (Å²) >= 11 is 5.27. The van der Waals surface area contributed by atoms with Gasteiger partial charge in [0.1, 0.15) is 7.85 Å². The highest BCUT2D eigenvalue weighted by atomic mass is 35.5. The molecule has 0 aliphatic heterocycles. The minimum atomic E-state index is -0.391. The van der Waals surface area contributed by atoms with Gasteiger partial charge in [-0.2, -0.15) is 0 Å². The molecule has 3 heteroatoms. The Morgan fingerprint density at radius 3 is 2.40 bits per heavy atom. The van der Waals surface area contributed by atoms with Crippen LogP contribution in [0.25, 0.3) is 0 Å². The Balaban J connectivity index is 3.15. The van der Waals surface area contributed by atoms with Crippen LogP contribution < -0.4 is 5.46 Å². The molecule has 0 fully saturated rings. The van der Waals surface area contributed by atoms with Gasteiger partial charge in [0.05, 0.1) is 0 Å². The molecule has 0 spiro atoms. The second kappa shape index (κ2) is 2.89. The Bertz CT molecular complexity index is 260. The Morgan fingerprint density at radius 1 is 1.40 bits per heavy atom. The van der Waals surface area contributed by atoms with Crippen molar-refractivity contribution in [2.24, 2.45) is 0 Å². The molecule has 1 aromatic rings. The summed E-state index contributed by atoms with van der Waals surface area (Å²) in [4.78, 5) is 10.6. The van der Waals surface area contributed by atoms with Gasteiger partial charge in [0.2, 0.25) is 0 Å². The van der Waals surface area contributed by atoms with Crippen molar-refractivity contribution in [2.75, 3.05) is 0 Å². The molecule has 0 aromatic heterocycles. The topological polar surface area (TPSA) is 17.1 Å². The minimum absolute atomic E-state index is 0.391. The van der Waals surface area contributed by atoms with Gasteiger partial charge in [-0.15, -0.1) is 0 Å². The summed E-state index contributed by atoms with van der Waals surface area (Å²) in [6.07, 6.45) is 0. The van der Waals surface area contributed by atoms with Crippen molar-refractivity contribution in [2.45, 2.75) is 0 Å². The molecule has 0 saturated carbocycles. The lowest BCUT2D eigenvalue weighted by atomic mass is 9.91. The quantitative estimate of drug-likeness (QED) is 0.418. The first-order valence-corrected chi connectivity index (χ1v) is 3.35. The van der Waals surface area contributed by atoms with Gasteiger partial charge in [-0.3, -0.25) is 4.79 Å². The largest absolute Gasteiger partial charge is 0.276 e. The first-order valence-electron chi connectivity index (χ1n) is 2.97. The second-order valence-electron chi connectivity index (χ2n) is 2.09. The maximum atomic E-state index is 10.6. The van der Waals surface area contributed by atoms with Gasteiger partial charge in [-0.25, -0.2) is 0 Å². The molecule has 10 heavy (non-hydrogen) atoms. The Morgan fingerprint density at radius 2 is 2.00 bits per heavy atom. The van der Waals surface area contributed by atoms with E-state index in [1.54, 1.807) is 12.1 Å². The van der Waals surface area contributed by atoms with Gasteiger partial charge in [0.25, 0.3) is 5.24 Å². The Hall–Kier alpha value is -0.755. The lowest BCUT2D eigenvalue weighted by molar-refractivity contribution is 0.108. The molecule has 0 saturated heterocycles. The van der Waals surface area contributed by atoms with Crippen LogP contribution in [-0.2, 0) is 0 Å². The molecular formula is C7H6BClO. The van der Waals surface area contributed by atoms with E-state index in [1.165, 1.54) is 0 Å². The summed E-state index contributed by atoms with van der Waals surface area (Å²) < 4.78 is 0. The highest BCUT2D eigenvalue weighted by Crippen LogP contribution is 1.98. The van der Waals surface area contributed by atoms with Crippen molar-refractivity contribution in [3.8, 4) is 0 Å². The van der Waals surface area contributed by atoms with E-state index in [0.29, 0.717) is 5.56 Å². The fraction of sp³-hybridized carbons (Fsp3) is 0. The van der Waals surface area contributed by atoms with Gasteiger partial charge < -0.3 is 0 Å². The Labute approximate surface area is 65.4 Å². The van der Waals surface area contributed by atoms with Gasteiger partial charge in [0, 0.05) is 5.56 Å². The van der Waals surface area contributed by atoms with Crippen LogP contribution in [0.3, 0.4) is 0 Å². The third-order valence-corrected chi connectivity index (χ3v) is 1.56. The average Bonchev–Trinajstić information content (AvgIpc) is 1.88. The standard InChI is InChI=1S/C7H6BClO/c8-6-4-2-1-3-5(6)7(9)10/h1-4H,8H2. The summed E-state index contributed by atoms with van der Waals surface area (Å²) in [7, 11) is 1.86. The van der Waals surface area contributed by atoms with E-state index in [2.05, 4.69) is 0 Å². The van der Waals surface area contributed by atoms with E-state index in [9.17, 15) is 4.79 Å². The van der Waals surface area contributed by atoms with Crippen LogP contribution in [0.5, 0.6) is 0 Å². The molecule has 50 valence electrons. The third-order valence-electron chi connectivity index (χ3n) is 1.36. The van der Waals surface area contributed by atoms with Crippen molar-refractivity contribution in [3.63, 3.8) is 0 Å². The van der Waals surface area contributed by atoms with Crippen LogP contribution in [-0.4, -0.2) is 13.1 Å². The highest BCUT2D eigenvalue weighted by Gasteiger charge is 2.01. The van der Waals surface area contributed by atoms with E-state index in [1.807, 2.05) is 20.0 Å². The summed E-state index contributed by atoms with van der Waals surface area (Å²) in [5, 5.41) is -0.391. The van der Waals surface area contributed by atoms with E-state index in [-0.39, 0.29) is 0 Å². The number of benzene rings is 1. The SMILES string of the molecule is Bc1ccccc1C(=O)Cl. The molecular weight excluding hydrogens is 146 g/mol. The van der Waals surface area contributed by atoms with Crippen LogP contribution in [0.15, 0.2) is 24.3 Å². The number of halogens is 1. The molecule has 0 heterocycles. The summed E-state index contributed by atoms with van der Waals surface area (Å²) in [6.45, 7) is 0. The molecule has 0 unspecified atom stereocenters. The zero-order chi connectivity index (χ0) is 7.56. The van der Waals surface area contributed by atoms with Crippen LogP contribution in [0.4, 0.5) is 0 Å². The molecule has 0 bridgehead atoms. The number of hydrogen-bond acceptors (Lipinski definition) is 1. The summed E-state index contributed by atoms with van der Waals surface area (Å²) in [6, 6.07) is 7.24. The molecule has 0 atom stereocenters. The van der Waals surface area contributed by atoms with Crippen molar-refractivity contribution < 1.29 is 4.79 Å². The zero-order valence-corrected chi connectivity index (χ0v) is 6.35. The molecule has 0 aliphatic carbocycles. The lowest BCUT2D eigenvalue weighted by Crippen LogP contribution is -2.11. The van der Waals surface area contributed by atoms with Crippen LogP contribution in [0.1, 0.15) is 10.4 Å². The minimum Gasteiger partial charge on any atom is -0.276 e. The molecule has 0 N–H and O–H groups in total. The number of carbonyl (C=O) groups is 1. The van der Waals surface area contributed by atoms with Gasteiger partial charge in [-0.05, 0) is 11.6 Å². The van der Waals surface area contributed by atoms with Crippen LogP contribution in [0.2, 0.25) is 0 Å². The van der Waals surface area contributed by atoms with Gasteiger partial charge in [-0.1, -0.05) is 29.7 Å². The van der Waals surface area contributed by atoms with E-state index in [0.717, 1.165) is 5.46 Å². The van der Waals surface area contributed by atoms with Crippen molar-refractivity contribution in [3.05, 3.63) is 29.8 Å². The Kier molecular flexibility index (Phi) is 2.12. The molecule has 1 rings (SSSR count). The fourth-order valence-electron chi connectivity index (χ4n) is 0.793. The summed E-state index contributed by atoms with van der Waals surface area (Å²) in [5.41, 5.74) is 1.51. The third kappa shape index (κ3) is 1.39. The lowest BCUT2D eigenvalue weighted by Gasteiger charge is -1.96. The maximum Gasteiger partial charge on any atom is 0.251 e. The zero-order valence-electron chi connectivity index (χ0n) is 5.60. The first kappa shape index (κ1) is 7.35. The predicted octanol–water partition coefficient (Wildman–Crippen LogP) is 0.324. The summed E-state index contributed by atoms with van der Waals surface area (Å²) in [5.74, 6) is 0. The van der Waals surface area contributed by atoms with Crippen molar-refractivity contribution >= 4 is 30.2 Å². The van der Waals surface area contributed by atoms with Crippen molar-refractivity contribution in [1.29, 1.82) is 0 Å². The molecule has 0 aliphatic rings. The maximum absolute atomic E-state index is 10.6. The molecule has 1 aromatic carbocycles. The second-order valence-corrected chi connectivity index (χ2v) is 2.43. The smallest absolute Gasteiger partial charge is 0.251 e. The van der Waals surface area contributed by atoms with Crippen molar-refractivity contribution in [1.82, 2.24) is 0 Å². The van der Waals surface area contributed by atoms with Gasteiger partial charge in [0.15, 0.2) is 0 Å². The van der Waals surface area contributed by atoms with Crippen LogP contribution >= 0.6 is 11.6 Å². The molecule has 0 amide bonds. The number of rotatable bonds is 1. The monoisotopic (exact) mass is 152 g/mol. The normalized spacial score (nSPS) is 9.30. The van der Waals surface area contributed by atoms with E-state index < -0.39 is 5.24 Å². The fourth-order valence-corrected chi connectivity index (χ4v) is 1.01. The van der Waals surface area contributed by atoms with Crippen LogP contribution in [0, 0.1) is 0 Å².